The molecule has 5 heteroatoms. The molecule has 1 heterocycles. The van der Waals surface area contributed by atoms with Gasteiger partial charge in [0.15, 0.2) is 0 Å². The van der Waals surface area contributed by atoms with Gasteiger partial charge in [0.2, 0.25) is 11.8 Å². The van der Waals surface area contributed by atoms with Gasteiger partial charge in [-0.15, -0.1) is 0 Å². The first-order valence-corrected chi connectivity index (χ1v) is 6.26. The third-order valence-corrected chi connectivity index (χ3v) is 3.48. The van der Waals surface area contributed by atoms with Gasteiger partial charge in [0, 0.05) is 18.7 Å². The van der Waals surface area contributed by atoms with Gasteiger partial charge in [0.1, 0.15) is 5.75 Å². The highest BCUT2D eigenvalue weighted by Crippen LogP contribution is 2.26. The number of phenolic OH excluding ortho intramolecular Hbond substituents is 1. The Morgan fingerprint density at radius 2 is 2.11 bits per heavy atom. The van der Waals surface area contributed by atoms with Gasteiger partial charge in [-0.05, 0) is 19.9 Å². The molecule has 0 aromatic heterocycles. The number of nitrogens with zero attached hydrogens (tertiary/aromatic N) is 1. The lowest BCUT2D eigenvalue weighted by Crippen LogP contribution is -2.38. The number of likely N-dealkylation sites (tertiary alicyclic amines) is 1. The van der Waals surface area contributed by atoms with Gasteiger partial charge < -0.3 is 5.11 Å². The average molecular weight is 262 g/mol. The third-order valence-electron chi connectivity index (χ3n) is 3.48. The summed E-state index contributed by atoms with van der Waals surface area (Å²) < 4.78 is 0. The number of imide groups is 1. The summed E-state index contributed by atoms with van der Waals surface area (Å²) in [5.74, 6) is -0.206. The molecule has 19 heavy (non-hydrogen) atoms. The van der Waals surface area contributed by atoms with Crippen LogP contribution < -0.4 is 5.32 Å². The fourth-order valence-corrected chi connectivity index (χ4v) is 2.30. The summed E-state index contributed by atoms with van der Waals surface area (Å²) in [6.07, 6.45) is 0.173. The van der Waals surface area contributed by atoms with Crippen molar-refractivity contribution in [3.05, 3.63) is 29.3 Å². The van der Waals surface area contributed by atoms with Crippen LogP contribution in [0.5, 0.6) is 5.75 Å². The van der Waals surface area contributed by atoms with Crippen LogP contribution in [0.15, 0.2) is 18.2 Å². The van der Waals surface area contributed by atoms with Crippen LogP contribution in [0.3, 0.4) is 0 Å². The second kappa shape index (κ2) is 5.01. The Kier molecular flexibility index (Phi) is 3.57. The summed E-state index contributed by atoms with van der Waals surface area (Å²) in [5.41, 5.74) is 1.77. The van der Waals surface area contributed by atoms with E-state index < -0.39 is 6.04 Å². The number of hydrogen-bond donors (Lipinski definition) is 2. The number of nitrogens with one attached hydrogen (secondary N) is 1. The predicted octanol–water partition coefficient (Wildman–Crippen LogP) is 1.11. The van der Waals surface area contributed by atoms with Gasteiger partial charge in [-0.1, -0.05) is 17.7 Å². The van der Waals surface area contributed by atoms with E-state index in [1.54, 1.807) is 6.07 Å². The Morgan fingerprint density at radius 3 is 2.68 bits per heavy atom. The van der Waals surface area contributed by atoms with Crippen LogP contribution in [0.25, 0.3) is 0 Å². The van der Waals surface area contributed by atoms with Crippen molar-refractivity contribution in [2.75, 3.05) is 7.05 Å². The average Bonchev–Trinajstić information content (AvgIpc) is 2.60. The third kappa shape index (κ3) is 2.61. The van der Waals surface area contributed by atoms with Crippen molar-refractivity contribution in [1.29, 1.82) is 0 Å². The number of aryl methyl sites for hydroxylation is 1. The lowest BCUT2D eigenvalue weighted by molar-refractivity contribution is -0.137. The number of aromatic hydroxyl groups is 1. The Bertz CT molecular complexity index is 527. The van der Waals surface area contributed by atoms with Crippen molar-refractivity contribution in [2.45, 2.75) is 32.4 Å². The zero-order valence-corrected chi connectivity index (χ0v) is 11.3. The lowest BCUT2D eigenvalue weighted by atomic mass is 10.0. The summed E-state index contributed by atoms with van der Waals surface area (Å²) in [7, 11) is 1.49. The van der Waals surface area contributed by atoms with E-state index in [2.05, 4.69) is 5.32 Å². The highest BCUT2D eigenvalue weighted by atomic mass is 16.3. The smallest absolute Gasteiger partial charge is 0.246 e. The van der Waals surface area contributed by atoms with Crippen LogP contribution in [-0.4, -0.2) is 34.9 Å². The SMILES string of the molecule is Cc1ccc(O)c(C(C)NC2CC(=O)N(C)C2=O)c1. The van der Waals surface area contributed by atoms with E-state index >= 15 is 0 Å². The molecule has 1 aromatic rings. The monoisotopic (exact) mass is 262 g/mol. The van der Waals surface area contributed by atoms with Crippen molar-refractivity contribution < 1.29 is 14.7 Å². The molecule has 1 aromatic carbocycles. The van der Waals surface area contributed by atoms with Crippen molar-refractivity contribution >= 4 is 11.8 Å². The summed E-state index contributed by atoms with van der Waals surface area (Å²) in [6.45, 7) is 3.80. The van der Waals surface area contributed by atoms with Crippen LogP contribution in [0.1, 0.15) is 30.5 Å². The molecule has 1 fully saturated rings. The molecule has 0 bridgehead atoms. The normalized spacial score (nSPS) is 21.0. The predicted molar refractivity (Wildman–Crippen MR) is 70.6 cm³/mol. The van der Waals surface area contributed by atoms with Crippen LogP contribution in [-0.2, 0) is 9.59 Å². The number of carbonyl (C=O) groups excluding carboxylic acids is 2. The van der Waals surface area contributed by atoms with E-state index in [0.717, 1.165) is 16.0 Å². The topological polar surface area (TPSA) is 69.6 Å². The maximum atomic E-state index is 11.8. The molecule has 1 aliphatic heterocycles. The van der Waals surface area contributed by atoms with Crippen molar-refractivity contribution in [3.8, 4) is 5.75 Å². The maximum absolute atomic E-state index is 11.8. The Hall–Kier alpha value is -1.88. The second-order valence-corrected chi connectivity index (χ2v) is 5.00. The van der Waals surface area contributed by atoms with Crippen molar-refractivity contribution in [1.82, 2.24) is 10.2 Å². The zero-order chi connectivity index (χ0) is 14.2. The van der Waals surface area contributed by atoms with Crippen molar-refractivity contribution in [3.63, 3.8) is 0 Å². The van der Waals surface area contributed by atoms with Crippen LogP contribution in [0.2, 0.25) is 0 Å². The van der Waals surface area contributed by atoms with E-state index in [4.69, 9.17) is 0 Å². The molecule has 1 aliphatic rings. The van der Waals surface area contributed by atoms with Crippen LogP contribution >= 0.6 is 0 Å². The molecular formula is C14H18N2O3. The number of likely N-dealkylation sites (N-methyl/N-ethyl adjacent to an activating group) is 1. The Labute approximate surface area is 112 Å². The quantitative estimate of drug-likeness (QED) is 0.801. The van der Waals surface area contributed by atoms with E-state index in [-0.39, 0.29) is 30.0 Å². The summed E-state index contributed by atoms with van der Waals surface area (Å²) in [4.78, 5) is 24.4. The zero-order valence-electron chi connectivity index (χ0n) is 11.3. The van der Waals surface area contributed by atoms with Gasteiger partial charge in [-0.2, -0.15) is 0 Å². The molecule has 0 radical (unpaired) electrons. The molecule has 2 atom stereocenters. The first-order chi connectivity index (χ1) is 8.90. The Balaban J connectivity index is 2.13. The highest BCUT2D eigenvalue weighted by Gasteiger charge is 2.36. The lowest BCUT2D eigenvalue weighted by Gasteiger charge is -2.19. The number of rotatable bonds is 3. The van der Waals surface area contributed by atoms with Crippen LogP contribution in [0, 0.1) is 6.92 Å². The fourth-order valence-electron chi connectivity index (χ4n) is 2.30. The molecular weight excluding hydrogens is 244 g/mol. The van der Waals surface area contributed by atoms with Gasteiger partial charge >= 0.3 is 0 Å². The van der Waals surface area contributed by atoms with E-state index in [0.29, 0.717) is 0 Å². The summed E-state index contributed by atoms with van der Waals surface area (Å²) in [5, 5.41) is 12.9. The second-order valence-electron chi connectivity index (χ2n) is 5.00. The van der Waals surface area contributed by atoms with E-state index in [1.807, 2.05) is 26.0 Å². The molecule has 2 amide bonds. The van der Waals surface area contributed by atoms with Gasteiger partial charge in [-0.3, -0.25) is 19.8 Å². The maximum Gasteiger partial charge on any atom is 0.246 e. The van der Waals surface area contributed by atoms with Gasteiger partial charge in [0.25, 0.3) is 0 Å². The molecule has 2 N–H and O–H groups in total. The minimum absolute atomic E-state index is 0.173. The molecule has 102 valence electrons. The van der Waals surface area contributed by atoms with Crippen molar-refractivity contribution in [2.24, 2.45) is 0 Å². The molecule has 0 aliphatic carbocycles. The summed E-state index contributed by atoms with van der Waals surface area (Å²) in [6, 6.07) is 4.62. The highest BCUT2D eigenvalue weighted by molar-refractivity contribution is 6.05. The molecule has 0 saturated carbocycles. The first-order valence-electron chi connectivity index (χ1n) is 6.26. The van der Waals surface area contributed by atoms with E-state index in [9.17, 15) is 14.7 Å². The first kappa shape index (κ1) is 13.5. The number of hydrogen-bond acceptors (Lipinski definition) is 4. The largest absolute Gasteiger partial charge is 0.508 e. The number of phenols is 1. The molecule has 0 spiro atoms. The van der Waals surface area contributed by atoms with E-state index in [1.165, 1.54) is 7.05 Å². The number of amides is 2. The minimum atomic E-state index is -0.507. The standard InChI is InChI=1S/C14H18N2O3/c1-8-4-5-12(17)10(6-8)9(2)15-11-7-13(18)16(3)14(11)19/h4-6,9,11,15,17H,7H2,1-3H3. The minimum Gasteiger partial charge on any atom is -0.508 e. The van der Waals surface area contributed by atoms with Crippen LogP contribution in [0.4, 0.5) is 0 Å². The Morgan fingerprint density at radius 1 is 1.42 bits per heavy atom. The molecule has 2 rings (SSSR count). The molecule has 2 unspecified atom stereocenters. The molecule has 1 saturated heterocycles. The molecule has 5 nitrogen and oxygen atoms in total. The number of benzene rings is 1. The van der Waals surface area contributed by atoms with Gasteiger partial charge in [-0.25, -0.2) is 0 Å². The van der Waals surface area contributed by atoms with Gasteiger partial charge in [0.05, 0.1) is 12.5 Å². The fraction of sp³-hybridized carbons (Fsp3) is 0.429. The summed E-state index contributed by atoms with van der Waals surface area (Å²) >= 11 is 0. The number of carbonyl (C=O) groups is 2.